The molecule has 0 bridgehead atoms. The molecular formula is C8H7F9O. The molecular weight excluding hydrogens is 283 g/mol. The van der Waals surface area contributed by atoms with Gasteiger partial charge in [-0.3, -0.25) is 0 Å². The third-order valence-electron chi connectivity index (χ3n) is 2.00. The van der Waals surface area contributed by atoms with E-state index in [-0.39, 0.29) is 0 Å². The smallest absolute Gasteiger partial charge is 0.300 e. The van der Waals surface area contributed by atoms with Crippen molar-refractivity contribution in [1.82, 2.24) is 0 Å². The number of alkyl halides is 9. The van der Waals surface area contributed by atoms with Crippen LogP contribution in [0, 0.1) is 0 Å². The minimum absolute atomic E-state index is 0.704. The van der Waals surface area contributed by atoms with Crippen LogP contribution in [-0.4, -0.2) is 29.7 Å². The SMILES string of the molecule is CC(=O)CCC(F)(F)C(F)(F)C(F)(F)C(F)(F)F. The molecule has 0 rings (SSSR count). The summed E-state index contributed by atoms with van der Waals surface area (Å²) in [5.41, 5.74) is 0. The van der Waals surface area contributed by atoms with E-state index in [4.69, 9.17) is 0 Å². The number of hydrogen-bond acceptors (Lipinski definition) is 1. The van der Waals surface area contributed by atoms with Crippen molar-refractivity contribution in [2.75, 3.05) is 0 Å². The van der Waals surface area contributed by atoms with Gasteiger partial charge in [-0.1, -0.05) is 0 Å². The van der Waals surface area contributed by atoms with Gasteiger partial charge in [0.05, 0.1) is 0 Å². The van der Waals surface area contributed by atoms with Gasteiger partial charge in [0.2, 0.25) is 0 Å². The first-order chi connectivity index (χ1) is 7.67. The topological polar surface area (TPSA) is 17.1 Å². The highest BCUT2D eigenvalue weighted by Gasteiger charge is 2.81. The van der Waals surface area contributed by atoms with Crippen LogP contribution in [0.1, 0.15) is 19.8 Å². The minimum atomic E-state index is -6.89. The van der Waals surface area contributed by atoms with E-state index in [9.17, 15) is 44.3 Å². The van der Waals surface area contributed by atoms with Crippen LogP contribution in [0.5, 0.6) is 0 Å². The molecule has 18 heavy (non-hydrogen) atoms. The number of hydrogen-bond donors (Lipinski definition) is 0. The predicted molar refractivity (Wildman–Crippen MR) is 40.8 cm³/mol. The van der Waals surface area contributed by atoms with Crippen LogP contribution < -0.4 is 0 Å². The van der Waals surface area contributed by atoms with E-state index in [1.165, 1.54) is 0 Å². The number of halogens is 9. The van der Waals surface area contributed by atoms with Gasteiger partial charge >= 0.3 is 23.9 Å². The molecule has 1 nitrogen and oxygen atoms in total. The van der Waals surface area contributed by atoms with Crippen LogP contribution >= 0.6 is 0 Å². The molecule has 0 unspecified atom stereocenters. The monoisotopic (exact) mass is 290 g/mol. The van der Waals surface area contributed by atoms with Crippen LogP contribution in [0.15, 0.2) is 0 Å². The molecule has 0 saturated carbocycles. The van der Waals surface area contributed by atoms with Crippen molar-refractivity contribution in [1.29, 1.82) is 0 Å². The van der Waals surface area contributed by atoms with E-state index >= 15 is 0 Å². The lowest BCUT2D eigenvalue weighted by Gasteiger charge is -2.33. The summed E-state index contributed by atoms with van der Waals surface area (Å²) in [6, 6.07) is 0. The first-order valence-corrected chi connectivity index (χ1v) is 4.36. The molecule has 0 spiro atoms. The number of ketones is 1. The Labute approximate surface area is 94.9 Å². The number of carbonyl (C=O) groups is 1. The Bertz CT molecular complexity index is 317. The summed E-state index contributed by atoms with van der Waals surface area (Å²) >= 11 is 0. The summed E-state index contributed by atoms with van der Waals surface area (Å²) in [6.45, 7) is 0.704. The molecule has 0 amide bonds. The molecule has 10 heteroatoms. The Morgan fingerprint density at radius 2 is 1.22 bits per heavy atom. The van der Waals surface area contributed by atoms with Crippen molar-refractivity contribution in [2.45, 2.75) is 43.7 Å². The molecule has 0 aromatic rings. The van der Waals surface area contributed by atoms with E-state index in [0.29, 0.717) is 6.92 Å². The molecule has 0 saturated heterocycles. The van der Waals surface area contributed by atoms with Gasteiger partial charge in [-0.05, 0) is 6.92 Å². The van der Waals surface area contributed by atoms with Gasteiger partial charge in [0.1, 0.15) is 5.78 Å². The predicted octanol–water partition coefficient (Wildman–Crippen LogP) is 3.82. The molecule has 0 aliphatic heterocycles. The van der Waals surface area contributed by atoms with Crippen LogP contribution in [-0.2, 0) is 4.79 Å². The Hall–Kier alpha value is -0.960. The summed E-state index contributed by atoms with van der Waals surface area (Å²) < 4.78 is 110. The first kappa shape index (κ1) is 17.0. The van der Waals surface area contributed by atoms with Crippen LogP contribution in [0.4, 0.5) is 39.5 Å². The molecule has 0 fully saturated rings. The van der Waals surface area contributed by atoms with Gasteiger partial charge in [-0.2, -0.15) is 39.5 Å². The Kier molecular flexibility index (Phi) is 4.37. The third-order valence-corrected chi connectivity index (χ3v) is 2.00. The second-order valence-corrected chi connectivity index (χ2v) is 3.55. The van der Waals surface area contributed by atoms with Crippen LogP contribution in [0.3, 0.4) is 0 Å². The Morgan fingerprint density at radius 1 is 0.833 bits per heavy atom. The van der Waals surface area contributed by atoms with Gasteiger partial charge in [-0.15, -0.1) is 0 Å². The number of carbonyl (C=O) groups excluding carboxylic acids is 1. The van der Waals surface area contributed by atoms with Gasteiger partial charge in [0.25, 0.3) is 0 Å². The fourth-order valence-electron chi connectivity index (χ4n) is 0.898. The standard InChI is InChI=1S/C8H7F9O/c1-4(18)2-3-5(9,10)6(11,12)7(13,14)8(15,16)17/h2-3H2,1H3. The summed E-state index contributed by atoms with van der Waals surface area (Å²) in [7, 11) is 0. The number of Topliss-reactive ketones (excluding diaryl/α,β-unsaturated/α-hetero) is 1. The lowest BCUT2D eigenvalue weighted by molar-refractivity contribution is -0.396. The van der Waals surface area contributed by atoms with Gasteiger partial charge in [0.15, 0.2) is 0 Å². The molecule has 0 atom stereocenters. The average Bonchev–Trinajstić information content (AvgIpc) is 2.12. The fourth-order valence-corrected chi connectivity index (χ4v) is 0.898. The molecule has 0 aliphatic carbocycles. The Morgan fingerprint density at radius 3 is 1.50 bits per heavy atom. The summed E-state index contributed by atoms with van der Waals surface area (Å²) in [4.78, 5) is 10.3. The van der Waals surface area contributed by atoms with Crippen molar-refractivity contribution in [3.8, 4) is 0 Å². The van der Waals surface area contributed by atoms with Gasteiger partial charge in [-0.25, -0.2) is 0 Å². The molecule has 108 valence electrons. The number of rotatable bonds is 5. The minimum Gasteiger partial charge on any atom is -0.300 e. The van der Waals surface area contributed by atoms with Gasteiger partial charge in [0, 0.05) is 12.8 Å². The third kappa shape index (κ3) is 2.89. The molecule has 0 aromatic heterocycles. The highest BCUT2D eigenvalue weighted by molar-refractivity contribution is 5.75. The van der Waals surface area contributed by atoms with E-state index < -0.39 is 42.6 Å². The first-order valence-electron chi connectivity index (χ1n) is 4.36. The highest BCUT2D eigenvalue weighted by atomic mass is 19.4. The Balaban J connectivity index is 5.29. The van der Waals surface area contributed by atoms with Crippen LogP contribution in [0.25, 0.3) is 0 Å². The van der Waals surface area contributed by atoms with Crippen molar-refractivity contribution in [3.63, 3.8) is 0 Å². The molecule has 0 aliphatic rings. The fraction of sp³-hybridized carbons (Fsp3) is 0.875. The largest absolute Gasteiger partial charge is 0.460 e. The zero-order valence-corrected chi connectivity index (χ0v) is 8.72. The zero-order valence-electron chi connectivity index (χ0n) is 8.72. The second-order valence-electron chi connectivity index (χ2n) is 3.55. The van der Waals surface area contributed by atoms with Crippen molar-refractivity contribution in [3.05, 3.63) is 0 Å². The second kappa shape index (κ2) is 4.61. The van der Waals surface area contributed by atoms with Crippen LogP contribution in [0.2, 0.25) is 0 Å². The van der Waals surface area contributed by atoms with Crippen molar-refractivity contribution < 1.29 is 44.3 Å². The summed E-state index contributed by atoms with van der Waals surface area (Å²) in [6.07, 6.45) is -10.2. The highest BCUT2D eigenvalue weighted by Crippen LogP contribution is 2.54. The lowest BCUT2D eigenvalue weighted by Crippen LogP contribution is -2.60. The average molecular weight is 290 g/mol. The van der Waals surface area contributed by atoms with E-state index in [0.717, 1.165) is 0 Å². The molecule has 0 N–H and O–H groups in total. The lowest BCUT2D eigenvalue weighted by atomic mass is 9.99. The quantitative estimate of drug-likeness (QED) is 0.703. The summed E-state index contributed by atoms with van der Waals surface area (Å²) in [5.74, 6) is -20.2. The summed E-state index contributed by atoms with van der Waals surface area (Å²) in [5, 5.41) is 0. The zero-order chi connectivity index (χ0) is 15.0. The molecule has 0 heterocycles. The molecule has 0 radical (unpaired) electrons. The maximum atomic E-state index is 12.7. The van der Waals surface area contributed by atoms with E-state index in [1.54, 1.807) is 0 Å². The normalized spacial score (nSPS) is 14.8. The van der Waals surface area contributed by atoms with Crippen molar-refractivity contribution >= 4 is 5.78 Å². The van der Waals surface area contributed by atoms with Crippen molar-refractivity contribution in [2.24, 2.45) is 0 Å². The van der Waals surface area contributed by atoms with E-state index in [1.807, 2.05) is 0 Å². The maximum absolute atomic E-state index is 12.7. The maximum Gasteiger partial charge on any atom is 0.460 e. The van der Waals surface area contributed by atoms with Gasteiger partial charge < -0.3 is 4.79 Å². The van der Waals surface area contributed by atoms with E-state index in [2.05, 4.69) is 0 Å². The molecule has 0 aromatic carbocycles.